The first-order valence-corrected chi connectivity index (χ1v) is 27.2. The number of fused-ring (bicyclic) bond motifs is 2. The minimum Gasteiger partial charge on any atom is -1.00 e. The van der Waals surface area contributed by atoms with Gasteiger partial charge in [-0.15, -0.1) is 80.6 Å². The van der Waals surface area contributed by atoms with Crippen molar-refractivity contribution in [3.8, 4) is 22.3 Å². The van der Waals surface area contributed by atoms with Crippen LogP contribution in [-0.2, 0) is 48.0 Å². The van der Waals surface area contributed by atoms with Crippen LogP contribution in [0.4, 0.5) is 52.7 Å². The Morgan fingerprint density at radius 1 is 0.485 bits per heavy atom. The summed E-state index contributed by atoms with van der Waals surface area (Å²) in [4.78, 5) is 0. The van der Waals surface area contributed by atoms with Gasteiger partial charge in [0, 0.05) is 0 Å². The van der Waals surface area contributed by atoms with E-state index in [-0.39, 0.29) is 53.5 Å². The zero-order chi connectivity index (χ0) is 46.6. The third kappa shape index (κ3) is 14.8. The number of rotatable bonds is 4. The normalized spacial score (nSPS) is 17.5. The summed E-state index contributed by atoms with van der Waals surface area (Å²) >= 11 is 1.74. The Labute approximate surface area is 403 Å². The van der Waals surface area contributed by atoms with Crippen LogP contribution in [0.1, 0.15) is 86.5 Å². The third-order valence-corrected chi connectivity index (χ3v) is 11.3. The van der Waals surface area contributed by atoms with E-state index in [2.05, 4.69) is 37.4 Å². The molecule has 0 saturated heterocycles. The summed E-state index contributed by atoms with van der Waals surface area (Å²) in [5.41, 5.74) is -2.89. The third-order valence-electron chi connectivity index (χ3n) is 11.3. The molecular weight excluding hydrogens is 1020 g/mol. The van der Waals surface area contributed by atoms with Crippen molar-refractivity contribution in [3.05, 3.63) is 139 Å². The van der Waals surface area contributed by atoms with Gasteiger partial charge < -0.3 is 24.8 Å². The van der Waals surface area contributed by atoms with Gasteiger partial charge in [-0.05, 0) is 59.4 Å². The molecule has 0 aromatic heterocycles. The van der Waals surface area contributed by atoms with E-state index in [0.29, 0.717) is 43.8 Å². The second-order valence-electron chi connectivity index (χ2n) is 16.7. The Hall–Kier alpha value is -3.32. The van der Waals surface area contributed by atoms with E-state index < -0.39 is 47.0 Å². The van der Waals surface area contributed by atoms with E-state index in [9.17, 15) is 52.7 Å². The predicted molar refractivity (Wildman–Crippen MR) is 225 cm³/mol. The van der Waals surface area contributed by atoms with Gasteiger partial charge in [0.05, 0.1) is 22.3 Å². The fourth-order valence-corrected chi connectivity index (χ4v) is 8.37. The molecule has 66 heavy (non-hydrogen) atoms. The molecule has 0 aliphatic heterocycles. The topological polar surface area (TPSA) is 0 Å². The van der Waals surface area contributed by atoms with Gasteiger partial charge in [0.1, 0.15) is 0 Å². The van der Waals surface area contributed by atoms with Crippen LogP contribution in [0.5, 0.6) is 0 Å². The predicted octanol–water partition coefficient (Wildman–Crippen LogP) is 7.49. The molecule has 0 radical (unpaired) electrons. The number of benzene rings is 4. The maximum Gasteiger partial charge on any atom is 0.416 e. The molecule has 0 amide bonds. The number of alkyl halides is 12. The maximum absolute atomic E-state index is 13.3. The zero-order valence-corrected chi connectivity index (χ0v) is 40.7. The Bertz CT molecular complexity index is 2430. The summed E-state index contributed by atoms with van der Waals surface area (Å²) in [7, 11) is 0. The van der Waals surface area contributed by atoms with Crippen molar-refractivity contribution in [1.29, 1.82) is 0 Å². The van der Waals surface area contributed by atoms with Crippen molar-refractivity contribution >= 4 is 29.7 Å². The molecule has 0 atom stereocenters. The molecule has 2 saturated carbocycles. The van der Waals surface area contributed by atoms with Crippen molar-refractivity contribution in [2.45, 2.75) is 102 Å². The fourth-order valence-electron chi connectivity index (χ4n) is 8.37. The molecule has 0 nitrogen and oxygen atoms in total. The van der Waals surface area contributed by atoms with E-state index in [1.165, 1.54) is 12.8 Å². The molecule has 4 aromatic rings. The van der Waals surface area contributed by atoms with Crippen LogP contribution in [0.2, 0.25) is 13.1 Å². The first-order valence-electron chi connectivity index (χ1n) is 21.0. The van der Waals surface area contributed by atoms with Crippen LogP contribution < -0.4 is 45.7 Å². The van der Waals surface area contributed by atoms with Crippen molar-refractivity contribution in [2.24, 2.45) is 11.8 Å². The van der Waals surface area contributed by atoms with Gasteiger partial charge in [-0.3, -0.25) is 0 Å². The average molecular weight is 1060 g/mol. The quantitative estimate of drug-likeness (QED) is 0.113. The molecule has 0 heterocycles. The van der Waals surface area contributed by atoms with E-state index in [0.717, 1.165) is 86.8 Å². The molecule has 2 fully saturated rings. The zero-order valence-electron chi connectivity index (χ0n) is 35.8. The van der Waals surface area contributed by atoms with Crippen molar-refractivity contribution in [1.82, 2.24) is 0 Å². The van der Waals surface area contributed by atoms with E-state index in [1.54, 1.807) is 59.7 Å². The summed E-state index contributed by atoms with van der Waals surface area (Å²) in [6.07, 6.45) is 6.31. The van der Waals surface area contributed by atoms with Crippen molar-refractivity contribution < 1.29 is 101 Å². The number of hydrogen-bond donors (Lipinski definition) is 0. The average Bonchev–Trinajstić information content (AvgIpc) is 3.83. The first-order chi connectivity index (χ1) is 30.0. The van der Waals surface area contributed by atoms with Gasteiger partial charge >= 0.3 is 66.6 Å². The second-order valence-corrected chi connectivity index (χ2v) is 26.1. The molecule has 0 spiro atoms. The molecule has 0 N–H and O–H groups in total. The van der Waals surface area contributed by atoms with Crippen LogP contribution in [0.25, 0.3) is 46.6 Å². The van der Waals surface area contributed by atoms with Gasteiger partial charge in [0.15, 0.2) is 0 Å². The summed E-state index contributed by atoms with van der Waals surface area (Å²) < 4.78 is 159. The molecule has 352 valence electrons. The summed E-state index contributed by atoms with van der Waals surface area (Å²) in [6.45, 7) is 4.62. The second kappa shape index (κ2) is 22.9. The first kappa shape index (κ1) is 55.3. The summed E-state index contributed by atoms with van der Waals surface area (Å²) in [5, 5.41) is 2.57. The SMILES string of the molecule is C[Si](C)=[Zr+2].FC(F)(F)c1cc(-c2cccc3c2=CC(=CC2CCCCC2)[C-]=3)cc(C(F)(F)F)c1.FC(F)(F)c1cc(-c2cccc3c2=CC(=CC2CCCCC2)[C-]=3)cc(C(F)(F)F)c1.[Cl-].[Cl-]. The molecule has 8 rings (SSSR count). The van der Waals surface area contributed by atoms with Crippen LogP contribution in [0, 0.1) is 11.8 Å². The Morgan fingerprint density at radius 2 is 0.773 bits per heavy atom. The fraction of sp³-hybridized carbons (Fsp3) is 0.360. The van der Waals surface area contributed by atoms with Crippen LogP contribution in [-0.4, -0.2) is 5.43 Å². The van der Waals surface area contributed by atoms with Crippen LogP contribution >= 0.6 is 0 Å². The molecule has 16 heteroatoms. The smallest absolute Gasteiger partial charge is 0.416 e. The molecule has 0 unspecified atom stereocenters. The van der Waals surface area contributed by atoms with Crippen LogP contribution in [0.15, 0.2) is 96.1 Å². The van der Waals surface area contributed by atoms with Gasteiger partial charge in [-0.1, -0.05) is 99.6 Å². The Kier molecular flexibility index (Phi) is 19.1. The molecule has 4 aromatic carbocycles. The van der Waals surface area contributed by atoms with E-state index >= 15 is 0 Å². The van der Waals surface area contributed by atoms with E-state index in [4.69, 9.17) is 0 Å². The summed E-state index contributed by atoms with van der Waals surface area (Å²) in [5.74, 6) is 0.862. The minimum absolute atomic E-state index is 0. The van der Waals surface area contributed by atoms with Crippen molar-refractivity contribution in [2.75, 3.05) is 0 Å². The van der Waals surface area contributed by atoms with Gasteiger partial charge in [-0.2, -0.15) is 52.7 Å². The molecule has 4 aliphatic carbocycles. The molecular formula is C50H44Cl2F12SiZr-2. The maximum atomic E-state index is 13.3. The van der Waals surface area contributed by atoms with E-state index in [1.807, 2.05) is 12.2 Å². The van der Waals surface area contributed by atoms with Crippen molar-refractivity contribution in [3.63, 3.8) is 0 Å². The molecule has 4 aliphatic rings. The number of halogens is 14. The standard InChI is InChI=1S/2C24H19F6.C2H6Si.2ClH.Zr/c2*25-23(26,27)19-12-18(13-20(14-19)24(28,29)30)21-8-4-7-17-10-16(11-22(17)21)9-15-5-2-1-3-6-15;1-3-2;;;/h2*4,7-9,11-15H,1-3,5-6H2;1-2H3;2*1H;/q2*-1;;;;+2/p-2. The largest absolute Gasteiger partial charge is 1.00 e. The van der Waals surface area contributed by atoms with Crippen LogP contribution in [0.3, 0.4) is 0 Å². The monoisotopic (exact) mass is 1060 g/mol. The summed E-state index contributed by atoms with van der Waals surface area (Å²) in [6, 6.07) is 13.3. The minimum atomic E-state index is -4.87. The Balaban J connectivity index is 0.000000260. The Morgan fingerprint density at radius 3 is 1.05 bits per heavy atom. The van der Waals surface area contributed by atoms with Gasteiger partial charge in [0.2, 0.25) is 0 Å². The molecule has 0 bridgehead atoms. The number of hydrogen-bond acceptors (Lipinski definition) is 0. The number of allylic oxidation sites excluding steroid dienone is 4. The van der Waals surface area contributed by atoms with Gasteiger partial charge in [0.25, 0.3) is 0 Å². The van der Waals surface area contributed by atoms with Gasteiger partial charge in [-0.25, -0.2) is 0 Å².